The zero-order valence-electron chi connectivity index (χ0n) is 9.30. The fourth-order valence-electron chi connectivity index (χ4n) is 1.40. The number of rotatable bonds is 4. The standard InChI is InChI=1S/C12H11N3OS/c1-16-12-11(3-2-6-14-12)15-8-10-5-4-9(7-13)17-10/h2-6,15H,8H2,1H3. The van der Waals surface area contributed by atoms with E-state index < -0.39 is 0 Å². The van der Waals surface area contributed by atoms with Gasteiger partial charge < -0.3 is 10.1 Å². The van der Waals surface area contributed by atoms with Crippen molar-refractivity contribution in [2.75, 3.05) is 12.4 Å². The van der Waals surface area contributed by atoms with Gasteiger partial charge in [-0.15, -0.1) is 11.3 Å². The topological polar surface area (TPSA) is 57.9 Å². The van der Waals surface area contributed by atoms with Crippen LogP contribution in [0.2, 0.25) is 0 Å². The number of ether oxygens (including phenoxy) is 1. The van der Waals surface area contributed by atoms with Gasteiger partial charge in [-0.2, -0.15) is 5.26 Å². The van der Waals surface area contributed by atoms with E-state index in [4.69, 9.17) is 10.00 Å². The Labute approximate surface area is 103 Å². The monoisotopic (exact) mass is 245 g/mol. The van der Waals surface area contributed by atoms with E-state index in [1.54, 1.807) is 13.3 Å². The van der Waals surface area contributed by atoms with Gasteiger partial charge in [0.2, 0.25) is 5.88 Å². The molecule has 0 fully saturated rings. The highest BCUT2D eigenvalue weighted by Gasteiger charge is 2.03. The van der Waals surface area contributed by atoms with Gasteiger partial charge in [0.1, 0.15) is 10.9 Å². The van der Waals surface area contributed by atoms with Crippen LogP contribution in [-0.2, 0) is 6.54 Å². The van der Waals surface area contributed by atoms with E-state index in [1.165, 1.54) is 11.3 Å². The maximum atomic E-state index is 8.73. The van der Waals surface area contributed by atoms with Crippen LogP contribution in [0, 0.1) is 11.3 Å². The number of nitrogens with one attached hydrogen (secondary N) is 1. The third-order valence-electron chi connectivity index (χ3n) is 2.19. The number of pyridine rings is 1. The zero-order chi connectivity index (χ0) is 12.1. The van der Waals surface area contributed by atoms with Crippen LogP contribution in [0.4, 0.5) is 5.69 Å². The van der Waals surface area contributed by atoms with E-state index in [-0.39, 0.29) is 0 Å². The first kappa shape index (κ1) is 11.4. The second-order valence-electron chi connectivity index (χ2n) is 3.29. The summed E-state index contributed by atoms with van der Waals surface area (Å²) in [4.78, 5) is 5.92. The molecule has 2 rings (SSSR count). The molecule has 2 aromatic rings. The predicted octanol–water partition coefficient (Wildman–Crippen LogP) is 2.64. The molecule has 0 atom stereocenters. The highest BCUT2D eigenvalue weighted by molar-refractivity contribution is 7.12. The molecule has 0 aromatic carbocycles. The molecule has 0 unspecified atom stereocenters. The van der Waals surface area contributed by atoms with Crippen molar-refractivity contribution in [3.8, 4) is 11.9 Å². The number of thiophene rings is 1. The van der Waals surface area contributed by atoms with E-state index in [1.807, 2.05) is 24.3 Å². The molecular formula is C12H11N3OS. The summed E-state index contributed by atoms with van der Waals surface area (Å²) in [5.74, 6) is 0.574. The molecule has 0 aliphatic rings. The lowest BCUT2D eigenvalue weighted by molar-refractivity contribution is 0.399. The van der Waals surface area contributed by atoms with E-state index in [9.17, 15) is 0 Å². The molecule has 0 aliphatic carbocycles. The van der Waals surface area contributed by atoms with Gasteiger partial charge in [-0.25, -0.2) is 4.98 Å². The molecule has 0 saturated heterocycles. The van der Waals surface area contributed by atoms with Crippen LogP contribution in [-0.4, -0.2) is 12.1 Å². The van der Waals surface area contributed by atoms with Gasteiger partial charge in [0.05, 0.1) is 12.8 Å². The van der Waals surface area contributed by atoms with Crippen LogP contribution in [0.3, 0.4) is 0 Å². The zero-order valence-corrected chi connectivity index (χ0v) is 10.1. The van der Waals surface area contributed by atoms with Gasteiger partial charge in [-0.05, 0) is 24.3 Å². The Balaban J connectivity index is 2.05. The van der Waals surface area contributed by atoms with Crippen molar-refractivity contribution in [3.05, 3.63) is 40.2 Å². The highest BCUT2D eigenvalue weighted by Crippen LogP contribution is 2.22. The van der Waals surface area contributed by atoms with Crippen molar-refractivity contribution in [3.63, 3.8) is 0 Å². The number of hydrogen-bond acceptors (Lipinski definition) is 5. The smallest absolute Gasteiger partial charge is 0.237 e. The molecule has 0 bridgehead atoms. The van der Waals surface area contributed by atoms with Gasteiger partial charge in [0, 0.05) is 17.6 Å². The summed E-state index contributed by atoms with van der Waals surface area (Å²) in [5.41, 5.74) is 0.849. The quantitative estimate of drug-likeness (QED) is 0.899. The number of methoxy groups -OCH3 is 1. The molecule has 0 amide bonds. The average Bonchev–Trinajstić information content (AvgIpc) is 2.84. The fourth-order valence-corrected chi connectivity index (χ4v) is 2.15. The van der Waals surface area contributed by atoms with Crippen LogP contribution < -0.4 is 10.1 Å². The highest BCUT2D eigenvalue weighted by atomic mass is 32.1. The molecule has 17 heavy (non-hydrogen) atoms. The largest absolute Gasteiger partial charge is 0.480 e. The van der Waals surface area contributed by atoms with Crippen LogP contribution >= 0.6 is 11.3 Å². The van der Waals surface area contributed by atoms with Crippen molar-refractivity contribution < 1.29 is 4.74 Å². The average molecular weight is 245 g/mol. The lowest BCUT2D eigenvalue weighted by Crippen LogP contribution is -2.00. The van der Waals surface area contributed by atoms with Gasteiger partial charge in [0.15, 0.2) is 0 Å². The Kier molecular flexibility index (Phi) is 3.58. The van der Waals surface area contributed by atoms with Crippen molar-refractivity contribution >= 4 is 17.0 Å². The minimum atomic E-state index is 0.574. The SMILES string of the molecule is COc1ncccc1NCc1ccc(C#N)s1. The van der Waals surface area contributed by atoms with E-state index in [0.717, 1.165) is 15.4 Å². The first-order valence-corrected chi connectivity index (χ1v) is 5.87. The number of nitrogens with zero attached hydrogens (tertiary/aromatic N) is 2. The normalized spacial score (nSPS) is 9.65. The lowest BCUT2D eigenvalue weighted by atomic mass is 10.3. The lowest BCUT2D eigenvalue weighted by Gasteiger charge is -2.08. The summed E-state index contributed by atoms with van der Waals surface area (Å²) in [6.45, 7) is 0.661. The minimum Gasteiger partial charge on any atom is -0.480 e. The molecule has 5 heteroatoms. The Morgan fingerprint density at radius 2 is 2.35 bits per heavy atom. The van der Waals surface area contributed by atoms with Crippen LogP contribution in [0.1, 0.15) is 9.75 Å². The Hall–Kier alpha value is -2.06. The molecule has 2 heterocycles. The summed E-state index contributed by atoms with van der Waals surface area (Å²) >= 11 is 1.48. The summed E-state index contributed by atoms with van der Waals surface area (Å²) in [5, 5.41) is 12.0. The van der Waals surface area contributed by atoms with E-state index >= 15 is 0 Å². The first-order chi connectivity index (χ1) is 8.33. The van der Waals surface area contributed by atoms with Gasteiger partial charge in [-0.1, -0.05) is 0 Å². The Bertz CT molecular complexity index is 545. The van der Waals surface area contributed by atoms with E-state index in [2.05, 4.69) is 16.4 Å². The van der Waals surface area contributed by atoms with E-state index in [0.29, 0.717) is 12.4 Å². The van der Waals surface area contributed by atoms with Crippen LogP contribution in [0.15, 0.2) is 30.5 Å². The molecule has 0 radical (unpaired) electrons. The molecule has 0 spiro atoms. The number of hydrogen-bond donors (Lipinski definition) is 1. The second-order valence-corrected chi connectivity index (χ2v) is 4.46. The molecule has 0 aliphatic heterocycles. The maximum absolute atomic E-state index is 8.73. The molecule has 0 saturated carbocycles. The van der Waals surface area contributed by atoms with Gasteiger partial charge in [0.25, 0.3) is 0 Å². The van der Waals surface area contributed by atoms with Crippen molar-refractivity contribution in [1.29, 1.82) is 5.26 Å². The number of nitriles is 1. The fraction of sp³-hybridized carbons (Fsp3) is 0.167. The third kappa shape index (κ3) is 2.74. The summed E-state index contributed by atoms with van der Waals surface area (Å²) < 4.78 is 5.14. The van der Waals surface area contributed by atoms with Crippen LogP contribution in [0.25, 0.3) is 0 Å². The summed E-state index contributed by atoms with van der Waals surface area (Å²) in [7, 11) is 1.59. The summed E-state index contributed by atoms with van der Waals surface area (Å²) in [6, 6.07) is 9.64. The number of aromatic nitrogens is 1. The number of anilines is 1. The predicted molar refractivity (Wildman–Crippen MR) is 67.1 cm³/mol. The minimum absolute atomic E-state index is 0.574. The molecule has 4 nitrogen and oxygen atoms in total. The van der Waals surface area contributed by atoms with Crippen molar-refractivity contribution in [2.24, 2.45) is 0 Å². The Morgan fingerprint density at radius 3 is 3.06 bits per heavy atom. The van der Waals surface area contributed by atoms with Gasteiger partial charge in [-0.3, -0.25) is 0 Å². The second kappa shape index (κ2) is 5.32. The molecule has 86 valence electrons. The Morgan fingerprint density at radius 1 is 1.47 bits per heavy atom. The molecule has 1 N–H and O–H groups in total. The molecular weight excluding hydrogens is 234 g/mol. The summed E-state index contributed by atoms with van der Waals surface area (Å²) in [6.07, 6.45) is 1.68. The van der Waals surface area contributed by atoms with Crippen molar-refractivity contribution in [2.45, 2.75) is 6.54 Å². The van der Waals surface area contributed by atoms with Crippen LogP contribution in [0.5, 0.6) is 5.88 Å². The molecule has 2 aromatic heterocycles. The third-order valence-corrected chi connectivity index (χ3v) is 3.18. The maximum Gasteiger partial charge on any atom is 0.237 e. The van der Waals surface area contributed by atoms with Crippen molar-refractivity contribution in [1.82, 2.24) is 4.98 Å². The van der Waals surface area contributed by atoms with Gasteiger partial charge >= 0.3 is 0 Å². The first-order valence-electron chi connectivity index (χ1n) is 5.05.